The summed E-state index contributed by atoms with van der Waals surface area (Å²) in [6.07, 6.45) is 6.58. The van der Waals surface area contributed by atoms with Crippen molar-refractivity contribution in [2.45, 2.75) is 51.2 Å². The van der Waals surface area contributed by atoms with Crippen LogP contribution in [-0.2, 0) is 11.3 Å². The van der Waals surface area contributed by atoms with E-state index in [9.17, 15) is 4.79 Å². The number of nitrogens with one attached hydrogen (secondary N) is 2. The molecule has 1 amide bonds. The van der Waals surface area contributed by atoms with Gasteiger partial charge >= 0.3 is 0 Å². The van der Waals surface area contributed by atoms with Crippen LogP contribution in [0, 0.1) is 0 Å². The van der Waals surface area contributed by atoms with Crippen LogP contribution in [0.4, 0.5) is 0 Å². The Morgan fingerprint density at radius 2 is 2.05 bits per heavy atom. The second kappa shape index (κ2) is 8.67. The van der Waals surface area contributed by atoms with Gasteiger partial charge in [-0.15, -0.1) is 0 Å². The second-order valence-electron chi connectivity index (χ2n) is 5.62. The lowest BCUT2D eigenvalue weighted by atomic mass is 10.2. The third kappa shape index (κ3) is 5.38. The van der Waals surface area contributed by atoms with Gasteiger partial charge in [0.15, 0.2) is 0 Å². The highest BCUT2D eigenvalue weighted by atomic mass is 16.5. The second-order valence-corrected chi connectivity index (χ2v) is 5.62. The Kier molecular flexibility index (Phi) is 6.54. The van der Waals surface area contributed by atoms with Crippen LogP contribution in [0.15, 0.2) is 24.3 Å². The molecule has 4 nitrogen and oxygen atoms in total. The predicted molar refractivity (Wildman–Crippen MR) is 84.3 cm³/mol. The molecule has 1 aliphatic carbocycles. The van der Waals surface area contributed by atoms with Gasteiger partial charge in [0.05, 0.1) is 6.10 Å². The molecule has 0 saturated heterocycles. The van der Waals surface area contributed by atoms with Gasteiger partial charge in [0.25, 0.3) is 0 Å². The van der Waals surface area contributed by atoms with Crippen LogP contribution in [0.25, 0.3) is 0 Å². The average molecular weight is 290 g/mol. The Morgan fingerprint density at radius 1 is 1.29 bits per heavy atom. The molecule has 116 valence electrons. The van der Waals surface area contributed by atoms with Crippen LogP contribution in [0.5, 0.6) is 5.75 Å². The minimum absolute atomic E-state index is 0.0981. The summed E-state index contributed by atoms with van der Waals surface area (Å²) >= 11 is 0. The topological polar surface area (TPSA) is 50.4 Å². The molecule has 0 bridgehead atoms. The molecule has 1 saturated carbocycles. The number of amides is 1. The fraction of sp³-hybridized carbons (Fsp3) is 0.588. The van der Waals surface area contributed by atoms with Crippen molar-refractivity contribution in [3.63, 3.8) is 0 Å². The first-order valence-corrected chi connectivity index (χ1v) is 7.95. The lowest BCUT2D eigenvalue weighted by Crippen LogP contribution is -2.24. The van der Waals surface area contributed by atoms with E-state index in [1.165, 1.54) is 12.8 Å². The maximum absolute atomic E-state index is 11.8. The molecule has 1 aliphatic rings. The molecule has 0 radical (unpaired) electrons. The normalized spacial score (nSPS) is 15.1. The molecule has 1 aromatic rings. The number of ether oxygens (including phenoxy) is 1. The molecule has 0 heterocycles. The van der Waals surface area contributed by atoms with E-state index in [2.05, 4.69) is 10.6 Å². The van der Waals surface area contributed by atoms with Crippen molar-refractivity contribution in [2.24, 2.45) is 0 Å². The Labute approximate surface area is 127 Å². The molecule has 0 aromatic heterocycles. The first kappa shape index (κ1) is 15.8. The molecule has 1 fully saturated rings. The first-order valence-electron chi connectivity index (χ1n) is 7.95. The van der Waals surface area contributed by atoms with Gasteiger partial charge in [0.2, 0.25) is 5.91 Å². The van der Waals surface area contributed by atoms with Gasteiger partial charge < -0.3 is 15.4 Å². The van der Waals surface area contributed by atoms with Crippen molar-refractivity contribution in [2.75, 3.05) is 13.6 Å². The van der Waals surface area contributed by atoms with Gasteiger partial charge in [-0.2, -0.15) is 0 Å². The number of benzene rings is 1. The maximum atomic E-state index is 11.8. The molecular weight excluding hydrogens is 264 g/mol. The fourth-order valence-electron chi connectivity index (χ4n) is 2.66. The Balaban J connectivity index is 1.83. The third-order valence-electron chi connectivity index (χ3n) is 3.88. The maximum Gasteiger partial charge on any atom is 0.220 e. The summed E-state index contributed by atoms with van der Waals surface area (Å²) < 4.78 is 6.08. The summed E-state index contributed by atoms with van der Waals surface area (Å²) in [7, 11) is 1.90. The number of hydrogen-bond acceptors (Lipinski definition) is 3. The van der Waals surface area contributed by atoms with E-state index in [1.54, 1.807) is 0 Å². The Hall–Kier alpha value is -1.55. The standard InChI is InChI=1S/C17H26N2O2/c1-18-12-6-11-17(20)19-13-14-7-2-5-10-16(14)21-15-8-3-4-9-15/h2,5,7,10,15,18H,3-4,6,8-9,11-13H2,1H3,(H,19,20). The highest BCUT2D eigenvalue weighted by Gasteiger charge is 2.17. The molecule has 1 aromatic carbocycles. The van der Waals surface area contributed by atoms with E-state index in [1.807, 2.05) is 31.3 Å². The van der Waals surface area contributed by atoms with Gasteiger partial charge in [-0.1, -0.05) is 18.2 Å². The highest BCUT2D eigenvalue weighted by Crippen LogP contribution is 2.26. The molecular formula is C17H26N2O2. The van der Waals surface area contributed by atoms with Gasteiger partial charge in [0, 0.05) is 18.5 Å². The van der Waals surface area contributed by atoms with Crippen LogP contribution in [0.2, 0.25) is 0 Å². The third-order valence-corrected chi connectivity index (χ3v) is 3.88. The van der Waals surface area contributed by atoms with E-state index < -0.39 is 0 Å². The number of carbonyl (C=O) groups excluding carboxylic acids is 1. The summed E-state index contributed by atoms with van der Waals surface area (Å²) in [5, 5.41) is 6.02. The van der Waals surface area contributed by atoms with Crippen molar-refractivity contribution in [3.8, 4) is 5.75 Å². The molecule has 2 N–H and O–H groups in total. The van der Waals surface area contributed by atoms with Gasteiger partial charge in [-0.25, -0.2) is 0 Å². The summed E-state index contributed by atoms with van der Waals surface area (Å²) in [5.41, 5.74) is 1.06. The zero-order valence-corrected chi connectivity index (χ0v) is 12.9. The molecule has 0 unspecified atom stereocenters. The van der Waals surface area contributed by atoms with E-state index in [-0.39, 0.29) is 5.91 Å². The highest BCUT2D eigenvalue weighted by molar-refractivity contribution is 5.75. The van der Waals surface area contributed by atoms with E-state index in [0.717, 1.165) is 37.1 Å². The van der Waals surface area contributed by atoms with E-state index in [4.69, 9.17) is 4.74 Å². The monoisotopic (exact) mass is 290 g/mol. The molecule has 4 heteroatoms. The van der Waals surface area contributed by atoms with Crippen LogP contribution >= 0.6 is 0 Å². The molecule has 21 heavy (non-hydrogen) atoms. The van der Waals surface area contributed by atoms with E-state index >= 15 is 0 Å². The van der Waals surface area contributed by atoms with Crippen molar-refractivity contribution >= 4 is 5.91 Å². The SMILES string of the molecule is CNCCCC(=O)NCc1ccccc1OC1CCCC1. The van der Waals surface area contributed by atoms with Gasteiger partial charge in [0.1, 0.15) is 5.75 Å². The zero-order valence-electron chi connectivity index (χ0n) is 12.9. The van der Waals surface area contributed by atoms with Crippen LogP contribution in [0.1, 0.15) is 44.1 Å². The smallest absolute Gasteiger partial charge is 0.220 e. The van der Waals surface area contributed by atoms with Crippen molar-refractivity contribution in [1.29, 1.82) is 0 Å². The summed E-state index contributed by atoms with van der Waals surface area (Å²) in [5.74, 6) is 1.01. The Bertz CT molecular complexity index is 442. The molecule has 2 rings (SSSR count). The number of para-hydroxylation sites is 1. The predicted octanol–water partition coefficient (Wildman–Crippen LogP) is 2.62. The number of hydrogen-bond donors (Lipinski definition) is 2. The molecule has 0 aliphatic heterocycles. The lowest BCUT2D eigenvalue weighted by Gasteiger charge is -2.16. The molecule has 0 atom stereocenters. The first-order chi connectivity index (χ1) is 10.3. The largest absolute Gasteiger partial charge is 0.490 e. The van der Waals surface area contributed by atoms with Crippen LogP contribution < -0.4 is 15.4 Å². The van der Waals surface area contributed by atoms with Gasteiger partial charge in [-0.05, 0) is 51.8 Å². The number of rotatable bonds is 8. The van der Waals surface area contributed by atoms with Crippen LogP contribution in [-0.4, -0.2) is 25.6 Å². The fourth-order valence-corrected chi connectivity index (χ4v) is 2.66. The summed E-state index contributed by atoms with van der Waals surface area (Å²) in [6, 6.07) is 8.01. The quantitative estimate of drug-likeness (QED) is 0.724. The summed E-state index contributed by atoms with van der Waals surface area (Å²) in [6.45, 7) is 1.41. The van der Waals surface area contributed by atoms with E-state index in [0.29, 0.717) is 19.1 Å². The summed E-state index contributed by atoms with van der Waals surface area (Å²) in [4.78, 5) is 11.8. The van der Waals surface area contributed by atoms with Crippen LogP contribution in [0.3, 0.4) is 0 Å². The average Bonchev–Trinajstić information content (AvgIpc) is 3.00. The van der Waals surface area contributed by atoms with Crippen molar-refractivity contribution in [3.05, 3.63) is 29.8 Å². The Morgan fingerprint density at radius 3 is 2.81 bits per heavy atom. The molecule has 0 spiro atoms. The minimum atomic E-state index is 0.0981. The van der Waals surface area contributed by atoms with Crippen molar-refractivity contribution in [1.82, 2.24) is 10.6 Å². The van der Waals surface area contributed by atoms with Crippen molar-refractivity contribution < 1.29 is 9.53 Å². The lowest BCUT2D eigenvalue weighted by molar-refractivity contribution is -0.121. The van der Waals surface area contributed by atoms with Gasteiger partial charge in [-0.3, -0.25) is 4.79 Å². The minimum Gasteiger partial charge on any atom is -0.490 e. The number of carbonyl (C=O) groups is 1. The zero-order chi connectivity index (χ0) is 14.9.